The van der Waals surface area contributed by atoms with Crippen LogP contribution in [0.15, 0.2) is 29.4 Å². The predicted molar refractivity (Wildman–Crippen MR) is 84.7 cm³/mol. The lowest BCUT2D eigenvalue weighted by atomic mass is 9.89. The van der Waals surface area contributed by atoms with E-state index in [4.69, 9.17) is 4.74 Å². The Morgan fingerprint density at radius 3 is 2.95 bits per heavy atom. The second kappa shape index (κ2) is 7.67. The Bertz CT molecular complexity index is 514. The Kier molecular flexibility index (Phi) is 5.60. The number of nitrogens with one attached hydrogen (secondary N) is 2. The van der Waals surface area contributed by atoms with Gasteiger partial charge in [-0.15, -0.1) is 0 Å². The van der Waals surface area contributed by atoms with Crippen molar-refractivity contribution in [3.63, 3.8) is 0 Å². The van der Waals surface area contributed by atoms with Crippen molar-refractivity contribution in [2.75, 3.05) is 19.0 Å². The van der Waals surface area contributed by atoms with Crippen molar-refractivity contribution >= 4 is 17.3 Å². The maximum atomic E-state index is 11.8. The fourth-order valence-corrected chi connectivity index (χ4v) is 2.48. The molecule has 0 unspecified atom stereocenters. The number of carbonyl (C=O) groups excluding carboxylic acids is 1. The van der Waals surface area contributed by atoms with Gasteiger partial charge in [0.1, 0.15) is 5.75 Å². The van der Waals surface area contributed by atoms with E-state index in [1.807, 2.05) is 24.3 Å². The van der Waals surface area contributed by atoms with Crippen molar-refractivity contribution in [2.45, 2.75) is 32.6 Å². The highest BCUT2D eigenvalue weighted by molar-refractivity contribution is 5.89. The van der Waals surface area contributed by atoms with Crippen molar-refractivity contribution in [3.8, 4) is 5.75 Å². The Morgan fingerprint density at radius 2 is 2.19 bits per heavy atom. The second-order valence-corrected chi connectivity index (χ2v) is 5.34. The van der Waals surface area contributed by atoms with E-state index < -0.39 is 0 Å². The highest BCUT2D eigenvalue weighted by atomic mass is 16.5. The summed E-state index contributed by atoms with van der Waals surface area (Å²) in [6.45, 7) is 2.34. The van der Waals surface area contributed by atoms with E-state index in [0.29, 0.717) is 5.92 Å². The van der Waals surface area contributed by atoms with Crippen molar-refractivity contribution in [3.05, 3.63) is 24.3 Å². The van der Waals surface area contributed by atoms with Crippen LogP contribution in [0.4, 0.5) is 5.69 Å². The van der Waals surface area contributed by atoms with Crippen LogP contribution in [-0.4, -0.2) is 25.3 Å². The van der Waals surface area contributed by atoms with E-state index >= 15 is 0 Å². The third-order valence-corrected chi connectivity index (χ3v) is 3.76. The lowest BCUT2D eigenvalue weighted by molar-refractivity contribution is -0.119. The molecule has 2 N–H and O–H groups in total. The number of anilines is 1. The molecule has 1 aromatic carbocycles. The zero-order valence-corrected chi connectivity index (χ0v) is 12.7. The summed E-state index contributed by atoms with van der Waals surface area (Å²) in [5.41, 5.74) is 4.54. The highest BCUT2D eigenvalue weighted by Gasteiger charge is 2.16. The number of hydrogen-bond acceptors (Lipinski definition) is 4. The van der Waals surface area contributed by atoms with Crippen LogP contribution in [0.2, 0.25) is 0 Å². The van der Waals surface area contributed by atoms with Crippen LogP contribution >= 0.6 is 0 Å². The van der Waals surface area contributed by atoms with Crippen LogP contribution in [0, 0.1) is 5.92 Å². The third kappa shape index (κ3) is 4.48. The SMILES string of the molecule is COc1ccccc1NCC(=O)N/N=C1\CCCC[C@H]1C. The summed E-state index contributed by atoms with van der Waals surface area (Å²) in [5.74, 6) is 1.05. The molecule has 1 aromatic rings. The Balaban J connectivity index is 1.83. The summed E-state index contributed by atoms with van der Waals surface area (Å²) < 4.78 is 5.23. The van der Waals surface area contributed by atoms with Crippen molar-refractivity contribution < 1.29 is 9.53 Å². The normalized spacial score (nSPS) is 20.1. The Labute approximate surface area is 125 Å². The standard InChI is InChI=1S/C16H23N3O2/c1-12-7-3-4-8-13(12)18-19-16(20)11-17-14-9-5-6-10-15(14)21-2/h5-6,9-10,12,17H,3-4,7-8,11H2,1-2H3,(H,19,20)/b18-13+/t12-/m1/s1. The highest BCUT2D eigenvalue weighted by Crippen LogP contribution is 2.22. The fourth-order valence-electron chi connectivity index (χ4n) is 2.48. The van der Waals surface area contributed by atoms with Gasteiger partial charge in [0.15, 0.2) is 0 Å². The number of ether oxygens (including phenoxy) is 1. The topological polar surface area (TPSA) is 62.7 Å². The molecule has 1 atom stereocenters. The van der Waals surface area contributed by atoms with Crippen LogP contribution in [0.1, 0.15) is 32.6 Å². The predicted octanol–water partition coefficient (Wildman–Crippen LogP) is 2.79. The summed E-state index contributed by atoms with van der Waals surface area (Å²) in [4.78, 5) is 11.8. The second-order valence-electron chi connectivity index (χ2n) is 5.34. The van der Waals surface area contributed by atoms with E-state index in [1.54, 1.807) is 7.11 Å². The molecule has 1 aliphatic carbocycles. The average molecular weight is 289 g/mol. The smallest absolute Gasteiger partial charge is 0.259 e. The zero-order valence-electron chi connectivity index (χ0n) is 12.7. The number of carbonyl (C=O) groups is 1. The first-order chi connectivity index (χ1) is 10.2. The largest absolute Gasteiger partial charge is 0.495 e. The summed E-state index contributed by atoms with van der Waals surface area (Å²) in [7, 11) is 1.61. The third-order valence-electron chi connectivity index (χ3n) is 3.76. The van der Waals surface area contributed by atoms with Crippen molar-refractivity contribution in [1.29, 1.82) is 0 Å². The maximum Gasteiger partial charge on any atom is 0.259 e. The molecule has 0 aromatic heterocycles. The molecule has 21 heavy (non-hydrogen) atoms. The number of nitrogens with zero attached hydrogens (tertiary/aromatic N) is 1. The van der Waals surface area contributed by atoms with Crippen LogP contribution < -0.4 is 15.5 Å². The average Bonchev–Trinajstić information content (AvgIpc) is 2.52. The van der Waals surface area contributed by atoms with E-state index in [1.165, 1.54) is 12.8 Å². The summed E-state index contributed by atoms with van der Waals surface area (Å²) in [6.07, 6.45) is 4.57. The number of benzene rings is 1. The molecule has 1 saturated carbocycles. The maximum absolute atomic E-state index is 11.8. The molecule has 1 aliphatic rings. The summed E-state index contributed by atoms with van der Waals surface area (Å²) in [6, 6.07) is 7.51. The number of hydrazone groups is 1. The molecule has 0 radical (unpaired) electrons. The minimum Gasteiger partial charge on any atom is -0.495 e. The molecule has 5 heteroatoms. The molecule has 0 heterocycles. The van der Waals surface area contributed by atoms with Gasteiger partial charge in [0.05, 0.1) is 19.3 Å². The minimum absolute atomic E-state index is 0.147. The van der Waals surface area contributed by atoms with Gasteiger partial charge >= 0.3 is 0 Å². The van der Waals surface area contributed by atoms with Gasteiger partial charge in [0.25, 0.3) is 5.91 Å². The molecule has 1 amide bonds. The molecule has 0 spiro atoms. The van der Waals surface area contributed by atoms with E-state index in [9.17, 15) is 4.79 Å². The lowest BCUT2D eigenvalue weighted by Gasteiger charge is -2.19. The Morgan fingerprint density at radius 1 is 1.38 bits per heavy atom. The molecule has 0 bridgehead atoms. The van der Waals surface area contributed by atoms with Gasteiger partial charge in [0.2, 0.25) is 0 Å². The number of rotatable bonds is 5. The number of methoxy groups -OCH3 is 1. The summed E-state index contributed by atoms with van der Waals surface area (Å²) >= 11 is 0. The first kappa shape index (κ1) is 15.4. The van der Waals surface area contributed by atoms with Gasteiger partial charge in [-0.1, -0.05) is 25.5 Å². The molecule has 114 valence electrons. The van der Waals surface area contributed by atoms with Gasteiger partial charge in [-0.3, -0.25) is 4.79 Å². The van der Waals surface area contributed by atoms with Crippen LogP contribution in [0.3, 0.4) is 0 Å². The van der Waals surface area contributed by atoms with Crippen molar-refractivity contribution in [2.24, 2.45) is 11.0 Å². The molecule has 2 rings (SSSR count). The van der Waals surface area contributed by atoms with Crippen LogP contribution in [0.25, 0.3) is 0 Å². The van der Waals surface area contributed by atoms with Crippen LogP contribution in [-0.2, 0) is 4.79 Å². The first-order valence-electron chi connectivity index (χ1n) is 7.43. The quantitative estimate of drug-likeness (QED) is 0.819. The van der Waals surface area contributed by atoms with Gasteiger partial charge < -0.3 is 10.1 Å². The van der Waals surface area contributed by atoms with Gasteiger partial charge in [0, 0.05) is 5.71 Å². The first-order valence-corrected chi connectivity index (χ1v) is 7.43. The summed E-state index contributed by atoms with van der Waals surface area (Å²) in [5, 5.41) is 7.32. The molecule has 5 nitrogen and oxygen atoms in total. The number of hydrogen-bond donors (Lipinski definition) is 2. The zero-order chi connectivity index (χ0) is 15.1. The van der Waals surface area contributed by atoms with Gasteiger partial charge in [-0.2, -0.15) is 5.10 Å². The van der Waals surface area contributed by atoms with E-state index in [-0.39, 0.29) is 12.5 Å². The minimum atomic E-state index is -0.147. The van der Waals surface area contributed by atoms with E-state index in [0.717, 1.165) is 30.0 Å². The number of amides is 1. The molecule has 1 fully saturated rings. The molecular weight excluding hydrogens is 266 g/mol. The molecule has 0 aliphatic heterocycles. The van der Waals surface area contributed by atoms with Crippen molar-refractivity contribution in [1.82, 2.24) is 5.43 Å². The molecule has 0 saturated heterocycles. The van der Waals surface area contributed by atoms with Gasteiger partial charge in [-0.25, -0.2) is 5.43 Å². The van der Waals surface area contributed by atoms with Crippen LogP contribution in [0.5, 0.6) is 5.75 Å². The fraction of sp³-hybridized carbons (Fsp3) is 0.500. The van der Waals surface area contributed by atoms with E-state index in [2.05, 4.69) is 22.8 Å². The van der Waals surface area contributed by atoms with Gasteiger partial charge in [-0.05, 0) is 37.3 Å². The molecular formula is C16H23N3O2. The lowest BCUT2D eigenvalue weighted by Crippen LogP contribution is -2.29. The Hall–Kier alpha value is -2.04. The number of para-hydroxylation sites is 2. The monoisotopic (exact) mass is 289 g/mol.